The molecule has 0 unspecified atom stereocenters. The van der Waals surface area contributed by atoms with E-state index in [9.17, 15) is 77.0 Å². The molecule has 40 nitrogen and oxygen atoms in total. The predicted octanol–water partition coefficient (Wildman–Crippen LogP) is 0.0369. The summed E-state index contributed by atoms with van der Waals surface area (Å²) in [5.41, 5.74) is 0.756. The molecule has 0 aliphatic carbocycles. The first kappa shape index (κ1) is 98.7. The van der Waals surface area contributed by atoms with Gasteiger partial charge in [0.25, 0.3) is 23.6 Å². The second-order valence-corrected chi connectivity index (χ2v) is 32.8. The first-order valence-corrected chi connectivity index (χ1v) is 42.7. The Labute approximate surface area is 740 Å². The Kier molecular flexibility index (Phi) is 36.2. The van der Waals surface area contributed by atoms with Gasteiger partial charge in [-0.05, 0) is 105 Å². The number of hydrogen-bond acceptors (Lipinski definition) is 24. The number of nitrogens with one attached hydrogen (secondary N) is 9. The van der Waals surface area contributed by atoms with Crippen LogP contribution in [0, 0.1) is 17.8 Å². The Balaban J connectivity index is 0.876. The van der Waals surface area contributed by atoms with E-state index in [0.717, 1.165) is 24.5 Å². The summed E-state index contributed by atoms with van der Waals surface area (Å²) in [6.07, 6.45) is 4.14. The van der Waals surface area contributed by atoms with Crippen molar-refractivity contribution < 1.29 is 106 Å². The zero-order chi connectivity index (χ0) is 93.2. The lowest BCUT2D eigenvalue weighted by Crippen LogP contribution is -2.61. The second kappa shape index (κ2) is 46.9. The molecule has 9 rings (SSSR count). The van der Waals surface area contributed by atoms with Gasteiger partial charge in [-0.1, -0.05) is 90.1 Å². The van der Waals surface area contributed by atoms with Crippen molar-refractivity contribution in [1.29, 1.82) is 0 Å². The van der Waals surface area contributed by atoms with Crippen molar-refractivity contribution in [3.05, 3.63) is 114 Å². The van der Waals surface area contributed by atoms with Gasteiger partial charge in [0.1, 0.15) is 60.7 Å². The number of carbonyl (C=O) groups is 17. The number of hydrogen-bond donors (Lipinski definition) is 10. The number of rotatable bonds is 27. The van der Waals surface area contributed by atoms with Gasteiger partial charge >= 0.3 is 0 Å². The molecule has 2 aromatic heterocycles. The Morgan fingerprint density at radius 3 is 1.47 bits per heavy atom. The smallest absolute Gasteiger partial charge is 0.274 e. The summed E-state index contributed by atoms with van der Waals surface area (Å²) < 4.78 is 22.8. The summed E-state index contributed by atoms with van der Waals surface area (Å²) in [5.74, 6) is -14.5. The number of carbonyl (C=O) groups excluding carboxylic acids is 17. The molecule has 10 N–H and O–H groups in total. The number of fused-ring (bicyclic) bond motifs is 4. The zero-order valence-corrected chi connectivity index (χ0v) is 73.9. The molecule has 3 fully saturated rings. The lowest BCUT2D eigenvalue weighted by molar-refractivity contribution is -0.146. The molecule has 3 saturated heterocycles. The van der Waals surface area contributed by atoms with Crippen LogP contribution < -0.4 is 52.6 Å². The Hall–Kier alpha value is -13.1. The number of amides is 17. The summed E-state index contributed by atoms with van der Waals surface area (Å²) in [6, 6.07) is 12.2. The van der Waals surface area contributed by atoms with E-state index in [1.165, 1.54) is 63.1 Å². The number of ether oxygens (including phenoxy) is 4. The second-order valence-electron chi connectivity index (χ2n) is 32.8. The first-order valence-electron chi connectivity index (χ1n) is 42.7. The third-order valence-corrected chi connectivity index (χ3v) is 22.2. The number of nitrogens with zero attached hydrogens (tertiary/aromatic N) is 9. The fourth-order valence-electron chi connectivity index (χ4n) is 15.0. The highest BCUT2D eigenvalue weighted by Gasteiger charge is 2.42. The van der Waals surface area contributed by atoms with Crippen LogP contribution in [-0.2, 0) is 92.7 Å². The van der Waals surface area contributed by atoms with Gasteiger partial charge in [0.15, 0.2) is 17.1 Å². The average Bonchev–Trinajstić information content (AvgIpc) is 0.900. The van der Waals surface area contributed by atoms with Crippen molar-refractivity contribution in [3.8, 4) is 11.5 Å². The molecular weight excluding hydrogens is 1660 g/mol. The first-order chi connectivity index (χ1) is 61.0. The lowest BCUT2D eigenvalue weighted by Gasteiger charge is -2.37. The van der Waals surface area contributed by atoms with Crippen LogP contribution in [0.5, 0.6) is 11.5 Å². The molecule has 0 saturated carbocycles. The number of para-hydroxylation sites is 2. The zero-order valence-electron chi connectivity index (χ0n) is 73.9. The molecule has 17 amide bonds. The highest BCUT2D eigenvalue weighted by atomic mass is 16.5. The van der Waals surface area contributed by atoms with Gasteiger partial charge in [0, 0.05) is 89.4 Å². The summed E-state index contributed by atoms with van der Waals surface area (Å²) >= 11 is 0. The third-order valence-electron chi connectivity index (χ3n) is 22.2. The van der Waals surface area contributed by atoms with Gasteiger partial charge in [-0.3, -0.25) is 86.4 Å². The molecule has 690 valence electrons. The molecule has 40 heteroatoms. The van der Waals surface area contributed by atoms with E-state index < -0.39 is 211 Å². The summed E-state index contributed by atoms with van der Waals surface area (Å²) in [5, 5.41) is 36.2. The molecule has 3 aromatic carbocycles. The van der Waals surface area contributed by atoms with E-state index in [1.807, 2.05) is 0 Å². The molecule has 4 aliphatic rings. The Morgan fingerprint density at radius 2 is 0.977 bits per heavy atom. The number of aromatic nitrogens is 2. The van der Waals surface area contributed by atoms with E-state index in [1.54, 1.807) is 120 Å². The summed E-state index contributed by atoms with van der Waals surface area (Å²) in [4.78, 5) is 254. The molecule has 0 radical (unpaired) electrons. The van der Waals surface area contributed by atoms with Gasteiger partial charge in [0.05, 0.1) is 83.4 Å². The van der Waals surface area contributed by atoms with Crippen LogP contribution in [-0.4, -0.2) is 325 Å². The van der Waals surface area contributed by atoms with Crippen molar-refractivity contribution in [3.63, 3.8) is 0 Å². The minimum Gasteiger partial charge on any atom is -0.505 e. The maximum Gasteiger partial charge on any atom is 0.274 e. The van der Waals surface area contributed by atoms with Crippen LogP contribution in [0.2, 0.25) is 0 Å². The van der Waals surface area contributed by atoms with E-state index >= 15 is 9.59 Å². The van der Waals surface area contributed by atoms with Gasteiger partial charge in [-0.15, -0.1) is 0 Å². The lowest BCUT2D eigenvalue weighted by atomic mass is 9.99. The molecule has 128 heavy (non-hydrogen) atoms. The summed E-state index contributed by atoms with van der Waals surface area (Å²) in [6.45, 7) is 8.51. The van der Waals surface area contributed by atoms with Crippen LogP contribution in [0.25, 0.3) is 21.8 Å². The number of aromatic hydroxyl groups is 1. The number of benzene rings is 3. The van der Waals surface area contributed by atoms with Crippen LogP contribution in [0.3, 0.4) is 0 Å². The number of likely N-dealkylation sites (N-methyl/N-ethyl adjacent to an activating group) is 4. The Morgan fingerprint density at radius 1 is 0.516 bits per heavy atom. The van der Waals surface area contributed by atoms with Gasteiger partial charge in [-0.25, -0.2) is 9.97 Å². The highest BCUT2D eigenvalue weighted by molar-refractivity contribution is 6.13. The fraction of sp³-hybridized carbons (Fsp3) is 0.511. The molecule has 4 aliphatic heterocycles. The number of anilines is 1. The maximum absolute atomic E-state index is 15.4. The van der Waals surface area contributed by atoms with Crippen LogP contribution in [0.1, 0.15) is 120 Å². The molecule has 6 heterocycles. The van der Waals surface area contributed by atoms with Crippen molar-refractivity contribution in [1.82, 2.24) is 86.8 Å². The van der Waals surface area contributed by atoms with E-state index in [-0.39, 0.29) is 103 Å². The normalized spacial score (nSPS) is 20.4. The molecule has 8 atom stereocenters. The predicted molar refractivity (Wildman–Crippen MR) is 463 cm³/mol. The van der Waals surface area contributed by atoms with Crippen molar-refractivity contribution in [2.45, 2.75) is 148 Å². The fourth-order valence-corrected chi connectivity index (χ4v) is 15.0. The van der Waals surface area contributed by atoms with Crippen molar-refractivity contribution in [2.75, 3.05) is 132 Å². The molecular formula is C88H116N18O22. The Bertz CT molecular complexity index is 4930. The topological polar surface area (TPSA) is 504 Å². The van der Waals surface area contributed by atoms with Crippen LogP contribution >= 0.6 is 0 Å². The highest BCUT2D eigenvalue weighted by Crippen LogP contribution is 2.28. The van der Waals surface area contributed by atoms with E-state index in [0.29, 0.717) is 58.7 Å². The van der Waals surface area contributed by atoms with Gasteiger partial charge in [-0.2, -0.15) is 0 Å². The minimum atomic E-state index is -1.70. The van der Waals surface area contributed by atoms with E-state index in [2.05, 4.69) is 57.8 Å². The molecule has 0 bridgehead atoms. The SMILES string of the molecule is CC(C)[C@H](NC(=O)CCOCCOCCOCCN1C(=O)C=CC1=O)C(=O)N[C@@H](C)C(=O)Nc1ccc(COc2cc3ccccc3nc2C(=O)N[C@@H]2CNC(=O)[C@H](C(C)C)N(C)C(=O)CN(C)C(=O)CNC(=O)[C@@H]3CCCCN3C(=O)[C@H](NC(=O)c3nc4ccccc4cc3O)CNC(=O)[C@H](C(C)C)N(C)C(=O)CN(C)C(=O)CNC(=O)[C@@H]3CCCCN3C2=O)cc1. The standard InChI is InChI=1S/C88H116N18O22/c1-51(2)74(99-67(108)32-36-125-38-40-127-41-39-126-37-35-106-68(109)30-31-69(106)110)82(118)93-54(7)79(115)94-58-28-26-55(27-29-58)50-128-66-43-57-21-13-15-23-60(57)96-76(66)84(120)98-62-45-90-86(122)78(53(5)6)103(11)73(114)49-101(9)70(111)46-91-80(116)63-24-16-18-33-104(63)87(123)61(97-83(119)75-65(107)42-56-20-12-14-22-59(56)95-75)44-89-85(121)77(52(3)4)102(10)72(113)48-100(8)71(112)47-92-81(117)64-25-17-19-34-105(64)88(62)124/h12-15,20-23,26-31,42-43,51-54,61-64,74,77-78,107H,16-19,24-25,32-41,44-50H2,1-11H3,(H,89,121)(H,90,122)(H,91,116)(H,92,117)(H,93,118)(H,94,115)(H,97,119)(H,98,120)(H,99,108)/t54-,61+,62+,63-,64-,74-,77-,78-/m0/s1. The largest absolute Gasteiger partial charge is 0.505 e. The molecule has 0 spiro atoms. The molecule has 5 aromatic rings. The number of piperidine rings is 2. The van der Waals surface area contributed by atoms with Gasteiger partial charge < -0.3 is 101 Å². The van der Waals surface area contributed by atoms with E-state index in [4.69, 9.17) is 18.9 Å². The third kappa shape index (κ3) is 27.0. The quantitative estimate of drug-likeness (QED) is 0.0245. The number of pyridine rings is 2. The number of imide groups is 1. The van der Waals surface area contributed by atoms with Crippen molar-refractivity contribution in [2.24, 2.45) is 17.8 Å². The maximum atomic E-state index is 15.4. The monoisotopic (exact) mass is 1780 g/mol. The van der Waals surface area contributed by atoms with Crippen molar-refractivity contribution >= 4 is 128 Å². The van der Waals surface area contributed by atoms with Gasteiger partial charge in [0.2, 0.25) is 76.8 Å². The van der Waals surface area contributed by atoms with Crippen LogP contribution in [0.4, 0.5) is 5.69 Å². The van der Waals surface area contributed by atoms with Crippen LogP contribution in [0.15, 0.2) is 97.1 Å². The average molecular weight is 1780 g/mol. The summed E-state index contributed by atoms with van der Waals surface area (Å²) in [7, 11) is 5.25. The minimum absolute atomic E-state index is 0.0192.